The maximum atomic E-state index is 13.2. The molecule has 2 aliphatic heterocycles. The molecule has 2 aromatic carbocycles. The third-order valence-electron chi connectivity index (χ3n) is 6.08. The number of benzene rings is 2. The van der Waals surface area contributed by atoms with E-state index in [-0.39, 0.29) is 6.79 Å². The first kappa shape index (κ1) is 21.5. The summed E-state index contributed by atoms with van der Waals surface area (Å²) >= 11 is 0. The van der Waals surface area contributed by atoms with Crippen molar-refractivity contribution < 1.29 is 23.9 Å². The number of carbonyl (C=O) groups excluding carboxylic acids is 3. The molecule has 1 saturated heterocycles. The highest BCUT2D eigenvalue weighted by Crippen LogP contribution is 2.37. The normalized spacial score (nSPS) is 18.9. The zero-order valence-corrected chi connectivity index (χ0v) is 18.9. The average molecular weight is 461 g/mol. The second-order valence-electron chi connectivity index (χ2n) is 8.36. The predicted molar refractivity (Wildman–Crippen MR) is 122 cm³/mol. The molecule has 1 fully saturated rings. The number of hydrogen-bond acceptors (Lipinski definition) is 6. The van der Waals surface area contributed by atoms with Crippen LogP contribution >= 0.6 is 0 Å². The monoisotopic (exact) mass is 461 g/mol. The van der Waals surface area contributed by atoms with Crippen LogP contribution in [0.1, 0.15) is 23.9 Å². The summed E-state index contributed by atoms with van der Waals surface area (Å²) < 4.78 is 12.4. The van der Waals surface area contributed by atoms with Crippen molar-refractivity contribution in [2.45, 2.75) is 26.3 Å². The number of imide groups is 1. The number of amides is 4. The molecule has 0 aliphatic carbocycles. The number of aromatic nitrogens is 2. The largest absolute Gasteiger partial charge is 0.454 e. The van der Waals surface area contributed by atoms with E-state index in [2.05, 4.69) is 15.7 Å². The van der Waals surface area contributed by atoms with Gasteiger partial charge in [0.2, 0.25) is 12.7 Å². The lowest BCUT2D eigenvalue weighted by atomic mass is 9.91. The molecule has 2 aliphatic rings. The quantitative estimate of drug-likeness (QED) is 0.565. The summed E-state index contributed by atoms with van der Waals surface area (Å²) in [5.74, 6) is 0.0395. The molecule has 10 heteroatoms. The van der Waals surface area contributed by atoms with Crippen LogP contribution in [0.4, 0.5) is 10.5 Å². The van der Waals surface area contributed by atoms with Crippen LogP contribution in [-0.2, 0) is 15.1 Å². The average Bonchev–Trinajstić information content (AvgIpc) is 3.47. The highest BCUT2D eigenvalue weighted by atomic mass is 16.7. The number of nitrogens with zero attached hydrogens (tertiary/aromatic N) is 3. The highest BCUT2D eigenvalue weighted by Gasteiger charge is 2.50. The molecule has 2 N–H and O–H groups in total. The molecule has 0 saturated carbocycles. The fourth-order valence-electron chi connectivity index (χ4n) is 4.21. The molecule has 3 aromatic rings. The topological polar surface area (TPSA) is 115 Å². The van der Waals surface area contributed by atoms with Crippen LogP contribution in [-0.4, -0.2) is 45.9 Å². The lowest BCUT2D eigenvalue weighted by molar-refractivity contribution is -0.133. The molecule has 10 nitrogen and oxygen atoms in total. The van der Waals surface area contributed by atoms with Crippen molar-refractivity contribution in [1.29, 1.82) is 0 Å². The molecular formula is C24H23N5O5. The molecule has 1 unspecified atom stereocenters. The van der Waals surface area contributed by atoms with Crippen LogP contribution < -0.4 is 20.1 Å². The van der Waals surface area contributed by atoms with Crippen LogP contribution in [0.15, 0.2) is 48.5 Å². The van der Waals surface area contributed by atoms with E-state index in [1.807, 2.05) is 37.3 Å². The van der Waals surface area contributed by atoms with Crippen LogP contribution in [0.5, 0.6) is 11.5 Å². The van der Waals surface area contributed by atoms with Gasteiger partial charge in [-0.2, -0.15) is 5.10 Å². The number of urea groups is 1. The minimum atomic E-state index is -1.33. The Balaban J connectivity index is 1.33. The van der Waals surface area contributed by atoms with Crippen molar-refractivity contribution in [3.05, 3.63) is 65.5 Å². The Morgan fingerprint density at radius 2 is 1.85 bits per heavy atom. The van der Waals surface area contributed by atoms with E-state index in [9.17, 15) is 14.4 Å². The maximum absolute atomic E-state index is 13.2. The number of para-hydroxylation sites is 1. The van der Waals surface area contributed by atoms with Crippen molar-refractivity contribution in [2.24, 2.45) is 0 Å². The second-order valence-corrected chi connectivity index (χ2v) is 8.36. The standard InChI is InChI=1S/C24H23N5O5/c1-14-21(15(2)29(27-14)17-7-5-4-6-8-17)25-20(30)12-28-22(31)24(3,26-23(28)32)16-9-10-18-19(11-16)34-13-33-18/h4-11H,12-13H2,1-3H3,(H,25,30)(H,26,32). The van der Waals surface area contributed by atoms with Gasteiger partial charge in [-0.05, 0) is 50.6 Å². The molecular weight excluding hydrogens is 438 g/mol. The number of fused-ring (bicyclic) bond motifs is 1. The third-order valence-corrected chi connectivity index (χ3v) is 6.08. The van der Waals surface area contributed by atoms with Crippen molar-refractivity contribution in [2.75, 3.05) is 18.7 Å². The number of anilines is 1. The summed E-state index contributed by atoms with van der Waals surface area (Å²) in [5, 5.41) is 10.0. The van der Waals surface area contributed by atoms with E-state index >= 15 is 0 Å². The number of hydrogen-bond donors (Lipinski definition) is 2. The fraction of sp³-hybridized carbons (Fsp3) is 0.250. The number of carbonyl (C=O) groups is 3. The zero-order chi connectivity index (χ0) is 24.0. The molecule has 5 rings (SSSR count). The summed E-state index contributed by atoms with van der Waals surface area (Å²) in [6, 6.07) is 13.9. The van der Waals surface area contributed by atoms with Gasteiger partial charge in [-0.1, -0.05) is 24.3 Å². The lowest BCUT2D eigenvalue weighted by Gasteiger charge is -2.22. The third kappa shape index (κ3) is 3.43. The van der Waals surface area contributed by atoms with Crippen molar-refractivity contribution >= 4 is 23.5 Å². The minimum Gasteiger partial charge on any atom is -0.454 e. The number of ether oxygens (including phenoxy) is 2. The van der Waals surface area contributed by atoms with Gasteiger partial charge in [0.15, 0.2) is 11.5 Å². The van der Waals surface area contributed by atoms with Gasteiger partial charge in [-0.15, -0.1) is 0 Å². The van der Waals surface area contributed by atoms with E-state index in [4.69, 9.17) is 9.47 Å². The fourth-order valence-corrected chi connectivity index (χ4v) is 4.21. The van der Waals surface area contributed by atoms with E-state index in [1.54, 1.807) is 36.7 Å². The summed E-state index contributed by atoms with van der Waals surface area (Å²) in [6.07, 6.45) is 0. The summed E-state index contributed by atoms with van der Waals surface area (Å²) in [5.41, 5.74) is 1.96. The van der Waals surface area contributed by atoms with Crippen molar-refractivity contribution in [1.82, 2.24) is 20.0 Å². The molecule has 174 valence electrons. The highest BCUT2D eigenvalue weighted by molar-refractivity contribution is 6.10. The van der Waals surface area contributed by atoms with Gasteiger partial charge in [-0.3, -0.25) is 14.5 Å². The Bertz CT molecular complexity index is 1320. The van der Waals surface area contributed by atoms with Gasteiger partial charge in [-0.25, -0.2) is 9.48 Å². The van der Waals surface area contributed by atoms with Crippen LogP contribution in [0, 0.1) is 13.8 Å². The molecule has 1 aromatic heterocycles. The maximum Gasteiger partial charge on any atom is 0.325 e. The van der Waals surface area contributed by atoms with Gasteiger partial charge < -0.3 is 20.1 Å². The lowest BCUT2D eigenvalue weighted by Crippen LogP contribution is -2.42. The van der Waals surface area contributed by atoms with Crippen LogP contribution in [0.3, 0.4) is 0 Å². The van der Waals surface area contributed by atoms with Crippen LogP contribution in [0.25, 0.3) is 5.69 Å². The van der Waals surface area contributed by atoms with Crippen LogP contribution in [0.2, 0.25) is 0 Å². The van der Waals surface area contributed by atoms with Gasteiger partial charge in [0.05, 0.1) is 22.8 Å². The number of nitrogens with one attached hydrogen (secondary N) is 2. The van der Waals surface area contributed by atoms with Crippen molar-refractivity contribution in [3.63, 3.8) is 0 Å². The molecule has 1 atom stereocenters. The Morgan fingerprint density at radius 3 is 2.62 bits per heavy atom. The molecule has 34 heavy (non-hydrogen) atoms. The summed E-state index contributed by atoms with van der Waals surface area (Å²) in [6.45, 7) is 4.89. The van der Waals surface area contributed by atoms with Gasteiger partial charge in [0.1, 0.15) is 12.1 Å². The Kier molecular flexibility index (Phi) is 5.00. The number of rotatable bonds is 5. The SMILES string of the molecule is Cc1nn(-c2ccccc2)c(C)c1NC(=O)CN1C(=O)NC(C)(c2ccc3c(c2)OCO3)C1=O. The minimum absolute atomic E-state index is 0.0990. The zero-order valence-electron chi connectivity index (χ0n) is 18.9. The van der Waals surface area contributed by atoms with E-state index < -0.39 is 29.9 Å². The first-order chi connectivity index (χ1) is 16.3. The Hall–Kier alpha value is -4.34. The Labute approximate surface area is 195 Å². The molecule has 3 heterocycles. The van der Waals surface area contributed by atoms with Gasteiger partial charge >= 0.3 is 6.03 Å². The predicted octanol–water partition coefficient (Wildman–Crippen LogP) is 2.62. The summed E-state index contributed by atoms with van der Waals surface area (Å²) in [7, 11) is 0. The molecule has 4 amide bonds. The smallest absolute Gasteiger partial charge is 0.325 e. The summed E-state index contributed by atoms with van der Waals surface area (Å²) in [4.78, 5) is 39.6. The second kappa shape index (κ2) is 7.91. The van der Waals surface area contributed by atoms with Gasteiger partial charge in [0.25, 0.3) is 5.91 Å². The Morgan fingerprint density at radius 1 is 1.12 bits per heavy atom. The molecule has 0 bridgehead atoms. The number of aryl methyl sites for hydroxylation is 1. The molecule has 0 spiro atoms. The van der Waals surface area contributed by atoms with E-state index in [1.165, 1.54) is 0 Å². The van der Waals surface area contributed by atoms with Crippen molar-refractivity contribution in [3.8, 4) is 17.2 Å². The first-order valence-electron chi connectivity index (χ1n) is 10.7. The van der Waals surface area contributed by atoms with Gasteiger partial charge in [0, 0.05) is 0 Å². The molecule has 0 radical (unpaired) electrons. The van der Waals surface area contributed by atoms with E-state index in [0.717, 1.165) is 16.3 Å². The van der Waals surface area contributed by atoms with E-state index in [0.29, 0.717) is 28.4 Å². The first-order valence-corrected chi connectivity index (χ1v) is 10.7.